The van der Waals surface area contributed by atoms with Crippen LogP contribution in [-0.2, 0) is 9.59 Å². The van der Waals surface area contributed by atoms with E-state index in [1.54, 1.807) is 0 Å². The molecule has 5 heteroatoms. The summed E-state index contributed by atoms with van der Waals surface area (Å²) in [6, 6.07) is 9.61. The van der Waals surface area contributed by atoms with Crippen LogP contribution in [0.25, 0.3) is 0 Å². The minimum absolute atomic E-state index is 0.0358. The maximum Gasteiger partial charge on any atom is 0.266 e. The van der Waals surface area contributed by atoms with Crippen molar-refractivity contribution in [2.45, 2.75) is 40.2 Å². The number of fused-ring (bicyclic) bond motifs is 1. The number of amides is 2. The van der Waals surface area contributed by atoms with Gasteiger partial charge in [-0.2, -0.15) is 0 Å². The molecule has 1 heterocycles. The number of anilines is 2. The van der Waals surface area contributed by atoms with Crippen LogP contribution in [0, 0.1) is 27.7 Å². The smallest absolute Gasteiger partial charge is 0.266 e. The van der Waals surface area contributed by atoms with Gasteiger partial charge in [-0.05, 0) is 56.5 Å². The second-order valence-corrected chi connectivity index (χ2v) is 6.62. The van der Waals surface area contributed by atoms with E-state index in [2.05, 4.69) is 10.6 Å². The summed E-state index contributed by atoms with van der Waals surface area (Å²) in [6.07, 6.45) is -0.868. The number of ether oxygens (including phenoxy) is 1. The topological polar surface area (TPSA) is 67.4 Å². The van der Waals surface area contributed by atoms with Gasteiger partial charge in [-0.15, -0.1) is 0 Å². The largest absolute Gasteiger partial charge is 0.478 e. The van der Waals surface area contributed by atoms with Gasteiger partial charge in [0, 0.05) is 5.69 Å². The zero-order chi connectivity index (χ0) is 18.1. The van der Waals surface area contributed by atoms with Gasteiger partial charge in [0.15, 0.2) is 6.10 Å². The highest BCUT2D eigenvalue weighted by atomic mass is 16.5. The Morgan fingerprint density at radius 2 is 1.76 bits per heavy atom. The van der Waals surface area contributed by atoms with E-state index in [1.807, 2.05) is 58.0 Å². The molecule has 3 rings (SSSR count). The van der Waals surface area contributed by atoms with Gasteiger partial charge in [-0.25, -0.2) is 0 Å². The Labute approximate surface area is 147 Å². The number of carbonyl (C=O) groups is 2. The van der Waals surface area contributed by atoms with Crippen LogP contribution >= 0.6 is 0 Å². The van der Waals surface area contributed by atoms with Crippen molar-refractivity contribution in [2.75, 3.05) is 10.6 Å². The molecule has 0 saturated carbocycles. The minimum Gasteiger partial charge on any atom is -0.478 e. The van der Waals surface area contributed by atoms with Crippen LogP contribution < -0.4 is 15.4 Å². The second kappa shape index (κ2) is 6.59. The van der Waals surface area contributed by atoms with Crippen LogP contribution in [0.3, 0.4) is 0 Å². The Balaban J connectivity index is 1.71. The summed E-state index contributed by atoms with van der Waals surface area (Å²) >= 11 is 0. The molecule has 0 fully saturated rings. The number of nitrogens with one attached hydrogen (secondary N) is 2. The molecule has 1 atom stereocenters. The number of benzene rings is 2. The van der Waals surface area contributed by atoms with Gasteiger partial charge in [-0.1, -0.05) is 23.8 Å². The first-order chi connectivity index (χ1) is 11.8. The van der Waals surface area contributed by atoms with Crippen molar-refractivity contribution in [3.63, 3.8) is 0 Å². The van der Waals surface area contributed by atoms with Gasteiger partial charge in [0.2, 0.25) is 5.91 Å². The van der Waals surface area contributed by atoms with Crippen molar-refractivity contribution in [2.24, 2.45) is 0 Å². The first kappa shape index (κ1) is 17.0. The third-order valence-corrected chi connectivity index (χ3v) is 4.27. The van der Waals surface area contributed by atoms with Crippen molar-refractivity contribution in [3.05, 3.63) is 52.6 Å². The summed E-state index contributed by atoms with van der Waals surface area (Å²) in [6.45, 7) is 7.87. The molecular weight excluding hydrogens is 316 g/mol. The average Bonchev–Trinajstić information content (AvgIpc) is 2.52. The number of hydrogen-bond acceptors (Lipinski definition) is 3. The monoisotopic (exact) mass is 338 g/mol. The molecule has 1 aliphatic rings. The van der Waals surface area contributed by atoms with Gasteiger partial charge < -0.3 is 15.4 Å². The van der Waals surface area contributed by atoms with Crippen molar-refractivity contribution in [3.8, 4) is 5.75 Å². The summed E-state index contributed by atoms with van der Waals surface area (Å²) in [5, 5.41) is 5.71. The van der Waals surface area contributed by atoms with Gasteiger partial charge in [-0.3, -0.25) is 9.59 Å². The third-order valence-electron chi connectivity index (χ3n) is 4.27. The molecule has 2 N–H and O–H groups in total. The molecule has 0 bridgehead atoms. The van der Waals surface area contributed by atoms with Gasteiger partial charge in [0.05, 0.1) is 12.1 Å². The first-order valence-corrected chi connectivity index (χ1v) is 8.29. The standard InChI is InChI=1S/C20H22N2O3/c1-11-5-6-16-15(9-11)21-20(24)17(25-16)10-18(23)22-19-13(3)7-12(2)8-14(19)4/h5-9,17H,10H2,1-4H3,(H,21,24)(H,22,23). The number of aryl methyl sites for hydroxylation is 4. The lowest BCUT2D eigenvalue weighted by Crippen LogP contribution is -2.39. The van der Waals surface area contributed by atoms with Crippen LogP contribution in [0.2, 0.25) is 0 Å². The van der Waals surface area contributed by atoms with Gasteiger partial charge >= 0.3 is 0 Å². The summed E-state index contributed by atoms with van der Waals surface area (Å²) in [4.78, 5) is 24.6. The van der Waals surface area contributed by atoms with E-state index in [-0.39, 0.29) is 18.2 Å². The highest BCUT2D eigenvalue weighted by Crippen LogP contribution is 2.31. The highest BCUT2D eigenvalue weighted by Gasteiger charge is 2.30. The molecule has 0 aromatic heterocycles. The lowest BCUT2D eigenvalue weighted by atomic mass is 10.0. The Hall–Kier alpha value is -2.82. The van der Waals surface area contributed by atoms with E-state index < -0.39 is 6.10 Å². The molecule has 0 spiro atoms. The maximum absolute atomic E-state index is 12.4. The van der Waals surface area contributed by atoms with Crippen LogP contribution in [0.15, 0.2) is 30.3 Å². The molecule has 2 aromatic carbocycles. The van der Waals surface area contributed by atoms with Crippen molar-refractivity contribution < 1.29 is 14.3 Å². The molecule has 0 saturated heterocycles. The van der Waals surface area contributed by atoms with Crippen molar-refractivity contribution in [1.29, 1.82) is 0 Å². The summed E-state index contributed by atoms with van der Waals surface area (Å²) in [7, 11) is 0. The van der Waals surface area contributed by atoms with Crippen LogP contribution in [-0.4, -0.2) is 17.9 Å². The van der Waals surface area contributed by atoms with E-state index >= 15 is 0 Å². The second-order valence-electron chi connectivity index (χ2n) is 6.62. The lowest BCUT2D eigenvalue weighted by molar-refractivity contribution is -0.128. The fourth-order valence-electron chi connectivity index (χ4n) is 3.13. The molecule has 1 unspecified atom stereocenters. The molecule has 1 aliphatic heterocycles. The average molecular weight is 338 g/mol. The summed E-state index contributed by atoms with van der Waals surface area (Å²) in [5.74, 6) is 0.0436. The van der Waals surface area contributed by atoms with Crippen molar-refractivity contribution in [1.82, 2.24) is 0 Å². The molecule has 130 valence electrons. The molecule has 2 aromatic rings. The summed E-state index contributed by atoms with van der Waals surface area (Å²) in [5.41, 5.74) is 5.62. The fourth-order valence-corrected chi connectivity index (χ4v) is 3.13. The molecule has 0 radical (unpaired) electrons. The number of rotatable bonds is 3. The predicted molar refractivity (Wildman–Crippen MR) is 98.1 cm³/mol. The van der Waals surface area contributed by atoms with Crippen molar-refractivity contribution >= 4 is 23.2 Å². The maximum atomic E-state index is 12.4. The number of carbonyl (C=O) groups excluding carboxylic acids is 2. The SMILES string of the molecule is Cc1cc(C)c(NC(=O)CC2Oc3ccc(C)cc3NC2=O)c(C)c1. The third kappa shape index (κ3) is 3.65. The zero-order valence-electron chi connectivity index (χ0n) is 14.9. The predicted octanol–water partition coefficient (Wildman–Crippen LogP) is 3.65. The fraction of sp³-hybridized carbons (Fsp3) is 0.300. The van der Waals surface area contributed by atoms with E-state index in [0.29, 0.717) is 11.4 Å². The lowest BCUT2D eigenvalue weighted by Gasteiger charge is -2.26. The molecule has 25 heavy (non-hydrogen) atoms. The Morgan fingerprint density at radius 1 is 1.08 bits per heavy atom. The molecule has 2 amide bonds. The van der Waals surface area contributed by atoms with E-state index in [9.17, 15) is 9.59 Å². The van der Waals surface area contributed by atoms with Gasteiger partial charge in [0.25, 0.3) is 5.91 Å². The van der Waals surface area contributed by atoms with E-state index in [1.165, 1.54) is 0 Å². The van der Waals surface area contributed by atoms with Crippen LogP contribution in [0.1, 0.15) is 28.7 Å². The first-order valence-electron chi connectivity index (χ1n) is 8.29. The normalized spacial score (nSPS) is 15.8. The Kier molecular flexibility index (Phi) is 4.49. The van der Waals surface area contributed by atoms with E-state index in [0.717, 1.165) is 27.9 Å². The minimum atomic E-state index is -0.832. The van der Waals surface area contributed by atoms with Gasteiger partial charge in [0.1, 0.15) is 5.75 Å². The van der Waals surface area contributed by atoms with E-state index in [4.69, 9.17) is 4.74 Å². The molecule has 5 nitrogen and oxygen atoms in total. The molecule has 0 aliphatic carbocycles. The Bertz CT molecular complexity index is 835. The van der Waals surface area contributed by atoms with Crippen LogP contribution in [0.5, 0.6) is 5.75 Å². The Morgan fingerprint density at radius 3 is 2.44 bits per heavy atom. The quantitative estimate of drug-likeness (QED) is 0.898. The highest BCUT2D eigenvalue weighted by molar-refractivity contribution is 6.02. The summed E-state index contributed by atoms with van der Waals surface area (Å²) < 4.78 is 5.71. The zero-order valence-corrected chi connectivity index (χ0v) is 14.9. The van der Waals surface area contributed by atoms with Crippen LogP contribution in [0.4, 0.5) is 11.4 Å². The number of hydrogen-bond donors (Lipinski definition) is 2. The molecular formula is C20H22N2O3.